The number of carboxylic acids is 1. The molecule has 2 N–H and O–H groups in total. The number of carboxylic acid groups (broad SMARTS) is 1. The van der Waals surface area contributed by atoms with Gasteiger partial charge in [-0.05, 0) is 25.0 Å². The van der Waals surface area contributed by atoms with E-state index in [-0.39, 0.29) is 5.97 Å². The first kappa shape index (κ1) is 17.4. The molecule has 1 aliphatic heterocycles. The molecular weight excluding hydrogens is 311 g/mol. The Hall–Kier alpha value is -1.61. The van der Waals surface area contributed by atoms with Crippen LogP contribution in [0.2, 0.25) is 0 Å². The van der Waals surface area contributed by atoms with E-state index in [0.29, 0.717) is 6.61 Å². The molecular formula is C12H14F3NO4S. The van der Waals surface area contributed by atoms with Gasteiger partial charge in [-0.15, -0.1) is 11.3 Å². The number of nitrogens with one attached hydrogen (secondary N) is 1. The molecule has 0 radical (unpaired) electrons. The molecule has 0 saturated carbocycles. The lowest BCUT2D eigenvalue weighted by molar-refractivity contribution is -0.192. The summed E-state index contributed by atoms with van der Waals surface area (Å²) in [5.41, 5.74) is 1.25. The Kier molecular flexibility index (Phi) is 6.16. The van der Waals surface area contributed by atoms with Crippen molar-refractivity contribution in [3.63, 3.8) is 0 Å². The van der Waals surface area contributed by atoms with Crippen molar-refractivity contribution in [1.82, 2.24) is 5.32 Å². The van der Waals surface area contributed by atoms with Gasteiger partial charge in [0.15, 0.2) is 0 Å². The van der Waals surface area contributed by atoms with Crippen LogP contribution in [0.3, 0.4) is 0 Å². The van der Waals surface area contributed by atoms with Gasteiger partial charge >= 0.3 is 18.1 Å². The van der Waals surface area contributed by atoms with Gasteiger partial charge in [-0.25, -0.2) is 9.59 Å². The third-order valence-electron chi connectivity index (χ3n) is 2.46. The minimum atomic E-state index is -5.08. The van der Waals surface area contributed by atoms with Gasteiger partial charge in [0.25, 0.3) is 0 Å². The molecule has 1 aromatic heterocycles. The first-order valence-corrected chi connectivity index (χ1v) is 6.87. The van der Waals surface area contributed by atoms with Gasteiger partial charge in [0.2, 0.25) is 0 Å². The molecule has 0 aromatic carbocycles. The van der Waals surface area contributed by atoms with Crippen molar-refractivity contribution in [1.29, 1.82) is 0 Å². The van der Waals surface area contributed by atoms with E-state index in [4.69, 9.17) is 14.6 Å². The highest BCUT2D eigenvalue weighted by Crippen LogP contribution is 2.25. The molecule has 0 bridgehead atoms. The van der Waals surface area contributed by atoms with Gasteiger partial charge < -0.3 is 15.2 Å². The van der Waals surface area contributed by atoms with Gasteiger partial charge in [0.05, 0.1) is 6.61 Å². The molecule has 5 nitrogen and oxygen atoms in total. The molecule has 118 valence electrons. The molecule has 2 rings (SSSR count). The van der Waals surface area contributed by atoms with Crippen LogP contribution in [-0.4, -0.2) is 36.4 Å². The number of rotatable bonds is 2. The SMILES string of the molecule is CCOC(=O)c1cc2c(s1)CCNC2.O=C(O)C(F)(F)F. The second-order valence-electron chi connectivity index (χ2n) is 4.01. The van der Waals surface area contributed by atoms with Gasteiger partial charge in [0, 0.05) is 18.0 Å². The molecule has 1 aliphatic rings. The monoisotopic (exact) mass is 325 g/mol. The number of thiophene rings is 1. The van der Waals surface area contributed by atoms with E-state index >= 15 is 0 Å². The fourth-order valence-corrected chi connectivity index (χ4v) is 2.63. The van der Waals surface area contributed by atoms with Crippen LogP contribution >= 0.6 is 11.3 Å². The number of carbonyl (C=O) groups excluding carboxylic acids is 1. The van der Waals surface area contributed by atoms with Crippen molar-refractivity contribution in [2.75, 3.05) is 13.2 Å². The summed E-state index contributed by atoms with van der Waals surface area (Å²) in [6.07, 6.45) is -4.06. The quantitative estimate of drug-likeness (QED) is 0.815. The molecule has 0 unspecified atom stereocenters. The first-order chi connectivity index (χ1) is 9.75. The predicted octanol–water partition coefficient (Wildman–Crippen LogP) is 2.20. The highest BCUT2D eigenvalue weighted by atomic mass is 32.1. The number of halogens is 3. The molecule has 9 heteroatoms. The van der Waals surface area contributed by atoms with Crippen LogP contribution < -0.4 is 5.32 Å². The number of carbonyl (C=O) groups is 2. The number of fused-ring (bicyclic) bond motifs is 1. The summed E-state index contributed by atoms with van der Waals surface area (Å²) < 4.78 is 36.7. The number of hydrogen-bond donors (Lipinski definition) is 2. The maximum absolute atomic E-state index is 11.4. The van der Waals surface area contributed by atoms with Crippen LogP contribution in [0.4, 0.5) is 13.2 Å². The zero-order chi connectivity index (χ0) is 16.0. The summed E-state index contributed by atoms with van der Waals surface area (Å²) in [4.78, 5) is 22.4. The highest BCUT2D eigenvalue weighted by Gasteiger charge is 2.38. The zero-order valence-electron chi connectivity index (χ0n) is 11.1. The molecule has 0 fully saturated rings. The third-order valence-corrected chi connectivity index (χ3v) is 3.68. The largest absolute Gasteiger partial charge is 0.490 e. The van der Waals surface area contributed by atoms with Crippen molar-refractivity contribution in [3.05, 3.63) is 21.4 Å². The lowest BCUT2D eigenvalue weighted by Gasteiger charge is -2.10. The molecule has 0 saturated heterocycles. The van der Waals surface area contributed by atoms with Gasteiger partial charge in [-0.2, -0.15) is 13.2 Å². The van der Waals surface area contributed by atoms with E-state index in [1.54, 1.807) is 11.3 Å². The number of aliphatic carboxylic acids is 1. The lowest BCUT2D eigenvalue weighted by Crippen LogP contribution is -2.21. The van der Waals surface area contributed by atoms with E-state index in [9.17, 15) is 18.0 Å². The van der Waals surface area contributed by atoms with Crippen LogP contribution in [-0.2, 0) is 22.5 Å². The van der Waals surface area contributed by atoms with Gasteiger partial charge in [-0.1, -0.05) is 0 Å². The average molecular weight is 325 g/mol. The van der Waals surface area contributed by atoms with Crippen LogP contribution in [0.1, 0.15) is 27.0 Å². The van der Waals surface area contributed by atoms with Crippen molar-refractivity contribution < 1.29 is 32.6 Å². The van der Waals surface area contributed by atoms with Crippen LogP contribution in [0, 0.1) is 0 Å². The summed E-state index contributed by atoms with van der Waals surface area (Å²) in [5.74, 6) is -2.94. The number of alkyl halides is 3. The Bertz CT molecular complexity index is 490. The van der Waals surface area contributed by atoms with E-state index in [1.807, 2.05) is 13.0 Å². The molecule has 0 amide bonds. The molecule has 0 spiro atoms. The molecule has 0 atom stereocenters. The Morgan fingerprint density at radius 2 is 2.10 bits per heavy atom. The second kappa shape index (κ2) is 7.41. The Morgan fingerprint density at radius 1 is 1.48 bits per heavy atom. The molecule has 0 aliphatic carbocycles. The summed E-state index contributed by atoms with van der Waals surface area (Å²) in [6.45, 7) is 4.16. The van der Waals surface area contributed by atoms with Crippen LogP contribution in [0.5, 0.6) is 0 Å². The van der Waals surface area contributed by atoms with Crippen molar-refractivity contribution in [3.8, 4) is 0 Å². The minimum absolute atomic E-state index is 0.188. The van der Waals surface area contributed by atoms with Gasteiger partial charge in [0.1, 0.15) is 4.88 Å². The maximum atomic E-state index is 11.4. The molecule has 21 heavy (non-hydrogen) atoms. The van der Waals surface area contributed by atoms with E-state index in [1.165, 1.54) is 10.4 Å². The van der Waals surface area contributed by atoms with E-state index in [0.717, 1.165) is 24.4 Å². The zero-order valence-corrected chi connectivity index (χ0v) is 11.9. The van der Waals surface area contributed by atoms with Crippen molar-refractivity contribution in [2.45, 2.75) is 26.1 Å². The minimum Gasteiger partial charge on any atom is -0.475 e. The summed E-state index contributed by atoms with van der Waals surface area (Å²) >= 11 is 1.57. The first-order valence-electron chi connectivity index (χ1n) is 6.05. The average Bonchev–Trinajstić information content (AvgIpc) is 2.82. The Labute approximate surface area is 122 Å². The smallest absolute Gasteiger partial charge is 0.475 e. The fraction of sp³-hybridized carbons (Fsp3) is 0.500. The standard InChI is InChI=1S/C10H13NO2S.C2HF3O2/c1-2-13-10(12)9-5-7-6-11-4-3-8(7)14-9;3-2(4,5)1(6)7/h5,11H,2-4,6H2,1H3;(H,6,7). The number of ether oxygens (including phenoxy) is 1. The normalized spacial score (nSPS) is 13.7. The maximum Gasteiger partial charge on any atom is 0.490 e. The number of esters is 1. The Morgan fingerprint density at radius 3 is 2.57 bits per heavy atom. The van der Waals surface area contributed by atoms with E-state index < -0.39 is 12.1 Å². The molecule has 2 heterocycles. The van der Waals surface area contributed by atoms with Crippen molar-refractivity contribution in [2.24, 2.45) is 0 Å². The highest BCUT2D eigenvalue weighted by molar-refractivity contribution is 7.14. The van der Waals surface area contributed by atoms with E-state index in [2.05, 4.69) is 5.32 Å². The number of hydrogen-bond acceptors (Lipinski definition) is 5. The van der Waals surface area contributed by atoms with Crippen LogP contribution in [0.25, 0.3) is 0 Å². The van der Waals surface area contributed by atoms with Gasteiger partial charge in [-0.3, -0.25) is 0 Å². The topological polar surface area (TPSA) is 75.6 Å². The Balaban J connectivity index is 0.000000270. The predicted molar refractivity (Wildman–Crippen MR) is 69.4 cm³/mol. The second-order valence-corrected chi connectivity index (χ2v) is 5.15. The molecule has 1 aromatic rings. The van der Waals surface area contributed by atoms with Crippen molar-refractivity contribution >= 4 is 23.3 Å². The third kappa shape index (κ3) is 5.35. The summed E-state index contributed by atoms with van der Waals surface area (Å²) in [6, 6.07) is 1.95. The van der Waals surface area contributed by atoms with Crippen LogP contribution in [0.15, 0.2) is 6.07 Å². The fourth-order valence-electron chi connectivity index (χ4n) is 1.56. The lowest BCUT2D eigenvalue weighted by atomic mass is 10.1. The summed E-state index contributed by atoms with van der Waals surface area (Å²) in [5, 5.41) is 10.4. The summed E-state index contributed by atoms with van der Waals surface area (Å²) in [7, 11) is 0.